The zero-order valence-corrected chi connectivity index (χ0v) is 22.5. The highest BCUT2D eigenvalue weighted by atomic mass is 19.4. The number of hydrogen-bond acceptors (Lipinski definition) is 4. The van der Waals surface area contributed by atoms with Crippen molar-refractivity contribution >= 4 is 11.7 Å². The molecule has 2 bridgehead atoms. The van der Waals surface area contributed by atoms with E-state index >= 15 is 0 Å². The van der Waals surface area contributed by atoms with Crippen LogP contribution in [-0.4, -0.2) is 18.3 Å². The van der Waals surface area contributed by atoms with Gasteiger partial charge in [-0.05, 0) is 106 Å². The maximum absolute atomic E-state index is 13.1. The summed E-state index contributed by atoms with van der Waals surface area (Å²) in [5.41, 5.74) is 0.999. The van der Waals surface area contributed by atoms with E-state index in [9.17, 15) is 18.0 Å². The number of oxime groups is 1. The number of carbonyl (C=O) groups is 1. The Balaban J connectivity index is 1.33. The van der Waals surface area contributed by atoms with Gasteiger partial charge in [-0.15, -0.1) is 0 Å². The van der Waals surface area contributed by atoms with Crippen LogP contribution < -0.4 is 0 Å². The van der Waals surface area contributed by atoms with Gasteiger partial charge in [-0.2, -0.15) is 13.2 Å². The van der Waals surface area contributed by atoms with E-state index in [1.165, 1.54) is 12.1 Å². The SMILES string of the molecule is CCOC(=O)[C@]1(C)CCC[C@@]2(C)[C@@H]3CC[C@@]4(C)C[C@]3(CC[C@@H]21)C/C4=N\OCc1ccc(C(F)(F)F)cc1. The fourth-order valence-corrected chi connectivity index (χ4v) is 9.18. The van der Waals surface area contributed by atoms with E-state index < -0.39 is 17.2 Å². The Labute approximate surface area is 218 Å². The van der Waals surface area contributed by atoms with E-state index in [0.29, 0.717) is 24.0 Å². The Bertz CT molecular complexity index is 1070. The van der Waals surface area contributed by atoms with E-state index in [1.54, 1.807) is 0 Å². The normalized spacial score (nSPS) is 40.1. The molecule has 4 aliphatic rings. The summed E-state index contributed by atoms with van der Waals surface area (Å²) in [7, 11) is 0. The number of ether oxygens (including phenoxy) is 1. The zero-order chi connectivity index (χ0) is 26.7. The maximum Gasteiger partial charge on any atom is 0.416 e. The molecular formula is C30H40F3NO3. The number of nitrogens with zero attached hydrogens (tertiary/aromatic N) is 1. The zero-order valence-electron chi connectivity index (χ0n) is 22.5. The fourth-order valence-electron chi connectivity index (χ4n) is 9.18. The maximum atomic E-state index is 13.1. The van der Waals surface area contributed by atoms with Gasteiger partial charge >= 0.3 is 12.1 Å². The number of rotatable bonds is 5. The van der Waals surface area contributed by atoms with Gasteiger partial charge in [0.25, 0.3) is 0 Å². The lowest BCUT2D eigenvalue weighted by Crippen LogP contribution is -2.58. The van der Waals surface area contributed by atoms with E-state index in [2.05, 4.69) is 25.9 Å². The summed E-state index contributed by atoms with van der Waals surface area (Å²) in [6.07, 6.45) is 5.14. The van der Waals surface area contributed by atoms with Crippen LogP contribution in [0.5, 0.6) is 0 Å². The van der Waals surface area contributed by atoms with E-state index in [-0.39, 0.29) is 28.8 Å². The van der Waals surface area contributed by atoms with Gasteiger partial charge < -0.3 is 9.57 Å². The van der Waals surface area contributed by atoms with Gasteiger partial charge in [0.1, 0.15) is 6.61 Å². The minimum absolute atomic E-state index is 0.00104. The number of carbonyl (C=O) groups excluding carboxylic acids is 1. The molecule has 0 unspecified atom stereocenters. The molecule has 6 atom stereocenters. The molecule has 5 rings (SSSR count). The van der Waals surface area contributed by atoms with Crippen molar-refractivity contribution in [2.24, 2.45) is 38.7 Å². The minimum Gasteiger partial charge on any atom is -0.466 e. The van der Waals surface area contributed by atoms with Gasteiger partial charge in [0.05, 0.1) is 23.3 Å². The standard InChI is InChI=1S/C30H40F3NO3/c1-5-36-25(35)28(4)14-6-13-27(3)22(28)12-16-29-17-24(26(2,19-29)15-11-23(27)29)34-37-18-20-7-9-21(10-8-20)30(31,32)33/h7-10,22-23H,5-6,11-19H2,1-4H3/b34-24+/t22-,23-,26-,27+,28+,29-/m0/s1. The molecular weight excluding hydrogens is 479 g/mol. The van der Waals surface area contributed by atoms with Gasteiger partial charge in [-0.1, -0.05) is 37.6 Å². The second-order valence-corrected chi connectivity index (χ2v) is 13.0. The van der Waals surface area contributed by atoms with Gasteiger partial charge in [0, 0.05) is 5.41 Å². The second kappa shape index (κ2) is 9.01. The highest BCUT2D eigenvalue weighted by Crippen LogP contribution is 2.73. The predicted molar refractivity (Wildman–Crippen MR) is 136 cm³/mol. The topological polar surface area (TPSA) is 47.9 Å². The van der Waals surface area contributed by atoms with Gasteiger partial charge in [0.2, 0.25) is 0 Å². The van der Waals surface area contributed by atoms with Crippen LogP contribution in [0.15, 0.2) is 29.4 Å². The van der Waals surface area contributed by atoms with Crippen LogP contribution >= 0.6 is 0 Å². The fraction of sp³-hybridized carbons (Fsp3) is 0.733. The van der Waals surface area contributed by atoms with Crippen LogP contribution in [0.3, 0.4) is 0 Å². The molecule has 0 N–H and O–H groups in total. The number of benzene rings is 1. The van der Waals surface area contributed by atoms with Crippen molar-refractivity contribution < 1.29 is 27.5 Å². The van der Waals surface area contributed by atoms with Crippen LogP contribution in [0.1, 0.15) is 96.6 Å². The van der Waals surface area contributed by atoms with Gasteiger partial charge in [-0.3, -0.25) is 4.79 Å². The molecule has 7 heteroatoms. The summed E-state index contributed by atoms with van der Waals surface area (Å²) in [6.45, 7) is 9.37. The van der Waals surface area contributed by atoms with Crippen molar-refractivity contribution in [1.29, 1.82) is 0 Å². The van der Waals surface area contributed by atoms with Crippen molar-refractivity contribution in [2.75, 3.05) is 6.61 Å². The van der Waals surface area contributed by atoms with Crippen LogP contribution in [0.4, 0.5) is 13.2 Å². The van der Waals surface area contributed by atoms with E-state index in [4.69, 9.17) is 9.57 Å². The van der Waals surface area contributed by atoms with E-state index in [0.717, 1.165) is 75.6 Å². The molecule has 0 aliphatic heterocycles. The molecule has 0 aromatic heterocycles. The lowest BCUT2D eigenvalue weighted by atomic mass is 9.40. The lowest BCUT2D eigenvalue weighted by Gasteiger charge is -2.64. The first-order chi connectivity index (χ1) is 17.4. The highest BCUT2D eigenvalue weighted by molar-refractivity contribution is 5.93. The van der Waals surface area contributed by atoms with Crippen molar-refractivity contribution in [3.8, 4) is 0 Å². The third kappa shape index (κ3) is 4.28. The largest absolute Gasteiger partial charge is 0.466 e. The molecule has 0 saturated heterocycles. The van der Waals surface area contributed by atoms with Crippen molar-refractivity contribution in [3.05, 3.63) is 35.4 Å². The Morgan fingerprint density at radius 3 is 2.41 bits per heavy atom. The molecule has 204 valence electrons. The molecule has 1 spiro atoms. The number of halogens is 3. The molecule has 4 saturated carbocycles. The quantitative estimate of drug-likeness (QED) is 0.293. The summed E-state index contributed by atoms with van der Waals surface area (Å²) in [6, 6.07) is 5.09. The Kier molecular flexibility index (Phi) is 6.47. The molecule has 4 fully saturated rings. The summed E-state index contributed by atoms with van der Waals surface area (Å²) in [5.74, 6) is 0.862. The van der Waals surface area contributed by atoms with Crippen LogP contribution in [0.2, 0.25) is 0 Å². The molecule has 0 amide bonds. The first-order valence-corrected chi connectivity index (χ1v) is 13.9. The number of fused-ring (bicyclic) bond motifs is 3. The van der Waals surface area contributed by atoms with Crippen molar-refractivity contribution in [3.63, 3.8) is 0 Å². The van der Waals surface area contributed by atoms with Crippen molar-refractivity contribution in [2.45, 2.75) is 98.3 Å². The average Bonchev–Trinajstić information content (AvgIpc) is 3.03. The number of hydrogen-bond donors (Lipinski definition) is 0. The molecule has 1 aromatic carbocycles. The summed E-state index contributed by atoms with van der Waals surface area (Å²) >= 11 is 0. The van der Waals surface area contributed by atoms with Gasteiger partial charge in [-0.25, -0.2) is 0 Å². The molecule has 4 nitrogen and oxygen atoms in total. The highest BCUT2D eigenvalue weighted by Gasteiger charge is 2.67. The summed E-state index contributed by atoms with van der Waals surface area (Å²) in [4.78, 5) is 18.9. The van der Waals surface area contributed by atoms with Gasteiger partial charge in [0.15, 0.2) is 0 Å². The summed E-state index contributed by atoms with van der Waals surface area (Å²) < 4.78 is 44.1. The van der Waals surface area contributed by atoms with Crippen LogP contribution in [0.25, 0.3) is 0 Å². The predicted octanol–water partition coefficient (Wildman–Crippen LogP) is 7.94. The smallest absolute Gasteiger partial charge is 0.416 e. The van der Waals surface area contributed by atoms with Crippen molar-refractivity contribution in [1.82, 2.24) is 0 Å². The van der Waals surface area contributed by atoms with Crippen LogP contribution in [-0.2, 0) is 27.2 Å². The van der Waals surface area contributed by atoms with Crippen LogP contribution in [0, 0.1) is 33.5 Å². The number of alkyl halides is 3. The molecule has 4 aliphatic carbocycles. The first kappa shape index (κ1) is 26.6. The molecule has 37 heavy (non-hydrogen) atoms. The third-order valence-corrected chi connectivity index (χ3v) is 10.8. The molecule has 0 heterocycles. The minimum atomic E-state index is -4.34. The lowest BCUT2D eigenvalue weighted by molar-refractivity contribution is -0.187. The number of esters is 1. The average molecular weight is 520 g/mol. The molecule has 1 aromatic rings. The van der Waals surface area contributed by atoms with E-state index in [1.807, 2.05) is 6.92 Å². The second-order valence-electron chi connectivity index (χ2n) is 13.0. The monoisotopic (exact) mass is 519 g/mol. The Hall–Kier alpha value is -2.05. The summed E-state index contributed by atoms with van der Waals surface area (Å²) in [5, 5.41) is 4.62. The first-order valence-electron chi connectivity index (χ1n) is 13.9. The third-order valence-electron chi connectivity index (χ3n) is 10.8. The Morgan fingerprint density at radius 1 is 1.03 bits per heavy atom. The molecule has 0 radical (unpaired) electrons. The Morgan fingerprint density at radius 2 is 1.73 bits per heavy atom.